The fourth-order valence-electron chi connectivity index (χ4n) is 5.03. The highest BCUT2D eigenvalue weighted by Gasteiger charge is 2.50. The lowest BCUT2D eigenvalue weighted by molar-refractivity contribution is 0.0118. The van der Waals surface area contributed by atoms with Crippen molar-refractivity contribution in [2.45, 2.75) is 38.1 Å². The molecule has 2 aliphatic rings. The van der Waals surface area contributed by atoms with Gasteiger partial charge in [-0.1, -0.05) is 19.1 Å². The second-order valence-electron chi connectivity index (χ2n) is 8.43. The summed E-state index contributed by atoms with van der Waals surface area (Å²) >= 11 is 0. The van der Waals surface area contributed by atoms with Crippen LogP contribution in [0.2, 0.25) is 0 Å². The minimum Gasteiger partial charge on any atom is -0.508 e. The summed E-state index contributed by atoms with van der Waals surface area (Å²) < 4.78 is 11.3. The molecule has 1 aliphatic heterocycles. The zero-order chi connectivity index (χ0) is 20.6. The van der Waals surface area contributed by atoms with E-state index in [-0.39, 0.29) is 11.4 Å². The van der Waals surface area contributed by atoms with E-state index in [1.165, 1.54) is 11.1 Å². The molecular weight excluding hydrogens is 366 g/mol. The molecule has 1 fully saturated rings. The van der Waals surface area contributed by atoms with Crippen molar-refractivity contribution >= 4 is 5.97 Å². The zero-order valence-corrected chi connectivity index (χ0v) is 17.4. The number of ether oxygens (including phenoxy) is 2. The van der Waals surface area contributed by atoms with Crippen molar-refractivity contribution in [1.82, 2.24) is 4.90 Å². The summed E-state index contributed by atoms with van der Waals surface area (Å²) in [5.41, 5.74) is 3.02. The molecule has 2 aromatic carbocycles. The van der Waals surface area contributed by atoms with Crippen LogP contribution < -0.4 is 4.74 Å². The maximum Gasteiger partial charge on any atom is 0.338 e. The highest BCUT2D eigenvalue weighted by atomic mass is 16.5. The largest absolute Gasteiger partial charge is 0.508 e. The molecule has 1 aliphatic carbocycles. The van der Waals surface area contributed by atoms with Gasteiger partial charge >= 0.3 is 5.97 Å². The van der Waals surface area contributed by atoms with Crippen molar-refractivity contribution in [2.24, 2.45) is 5.92 Å². The summed E-state index contributed by atoms with van der Waals surface area (Å²) in [4.78, 5) is 14.4. The van der Waals surface area contributed by atoms with Crippen LogP contribution in [0.4, 0.5) is 0 Å². The molecule has 154 valence electrons. The molecule has 0 radical (unpaired) electrons. The number of carbonyl (C=O) groups excluding carboxylic acids is 1. The molecule has 29 heavy (non-hydrogen) atoms. The lowest BCUT2D eigenvalue weighted by atomic mass is 9.58. The third kappa shape index (κ3) is 3.60. The van der Waals surface area contributed by atoms with Gasteiger partial charge in [0.25, 0.3) is 0 Å². The Hall–Kier alpha value is -2.53. The number of aromatic hydroxyl groups is 1. The first-order valence-corrected chi connectivity index (χ1v) is 10.3. The van der Waals surface area contributed by atoms with E-state index in [4.69, 9.17) is 9.47 Å². The SMILES string of the molecule is CCOC(=O)c1cccc(OC[C@H]2C3Cc4ccc(O)cc4[C@@]2(C)CCN3C)c1. The number of benzene rings is 2. The number of likely N-dealkylation sites (N-methyl/N-ethyl adjacent to an activating group) is 1. The minimum atomic E-state index is -0.330. The van der Waals surface area contributed by atoms with Gasteiger partial charge < -0.3 is 19.5 Å². The van der Waals surface area contributed by atoms with Crippen molar-refractivity contribution in [2.75, 3.05) is 26.8 Å². The van der Waals surface area contributed by atoms with E-state index in [1.807, 2.05) is 18.2 Å². The number of rotatable bonds is 5. The zero-order valence-electron chi connectivity index (χ0n) is 17.4. The summed E-state index contributed by atoms with van der Waals surface area (Å²) in [5, 5.41) is 10.1. The number of fused-ring (bicyclic) bond motifs is 4. The van der Waals surface area contributed by atoms with Gasteiger partial charge in [0.2, 0.25) is 0 Å². The topological polar surface area (TPSA) is 59.0 Å². The van der Waals surface area contributed by atoms with E-state index in [2.05, 4.69) is 24.9 Å². The Morgan fingerprint density at radius 2 is 2.10 bits per heavy atom. The van der Waals surface area contributed by atoms with E-state index < -0.39 is 0 Å². The number of esters is 1. The van der Waals surface area contributed by atoms with Crippen molar-refractivity contribution in [3.05, 3.63) is 59.2 Å². The number of likely N-dealkylation sites (tertiary alicyclic amines) is 1. The Labute approximate surface area is 172 Å². The molecule has 4 rings (SSSR count). The van der Waals surface area contributed by atoms with E-state index >= 15 is 0 Å². The number of phenolic OH excluding ortho intramolecular Hbond substituents is 1. The summed E-state index contributed by atoms with van der Waals surface area (Å²) in [6, 6.07) is 13.4. The third-order valence-corrected chi connectivity index (χ3v) is 6.75. The van der Waals surface area contributed by atoms with Gasteiger partial charge in [-0.15, -0.1) is 0 Å². The monoisotopic (exact) mass is 395 g/mol. The van der Waals surface area contributed by atoms with E-state index in [0.29, 0.717) is 42.2 Å². The van der Waals surface area contributed by atoms with Crippen molar-refractivity contribution in [3.63, 3.8) is 0 Å². The fourth-order valence-corrected chi connectivity index (χ4v) is 5.03. The Bertz CT molecular complexity index is 912. The quantitative estimate of drug-likeness (QED) is 0.781. The van der Waals surface area contributed by atoms with Crippen LogP contribution in [0.5, 0.6) is 11.5 Å². The number of piperidine rings is 1. The highest BCUT2D eigenvalue weighted by molar-refractivity contribution is 5.89. The van der Waals surface area contributed by atoms with Crippen LogP contribution in [0.3, 0.4) is 0 Å². The van der Waals surface area contributed by atoms with Gasteiger partial charge in [0.15, 0.2) is 0 Å². The second-order valence-corrected chi connectivity index (χ2v) is 8.43. The summed E-state index contributed by atoms with van der Waals surface area (Å²) in [6.45, 7) is 6.04. The maximum absolute atomic E-state index is 12.0. The Kier molecular flexibility index (Phi) is 5.26. The average Bonchev–Trinajstić information content (AvgIpc) is 2.71. The number of hydrogen-bond acceptors (Lipinski definition) is 5. The normalized spacial score (nSPS) is 25.9. The van der Waals surface area contributed by atoms with Gasteiger partial charge in [-0.3, -0.25) is 0 Å². The smallest absolute Gasteiger partial charge is 0.338 e. The Morgan fingerprint density at radius 3 is 2.90 bits per heavy atom. The lowest BCUT2D eigenvalue weighted by Crippen LogP contribution is -2.59. The summed E-state index contributed by atoms with van der Waals surface area (Å²) in [7, 11) is 2.18. The number of nitrogens with zero attached hydrogens (tertiary/aromatic N) is 1. The molecule has 0 saturated carbocycles. The number of phenols is 1. The van der Waals surface area contributed by atoms with Gasteiger partial charge in [-0.05, 0) is 74.8 Å². The van der Waals surface area contributed by atoms with Gasteiger partial charge in [-0.2, -0.15) is 0 Å². The van der Waals surface area contributed by atoms with Crippen molar-refractivity contribution < 1.29 is 19.4 Å². The van der Waals surface area contributed by atoms with Crippen LogP contribution in [-0.2, 0) is 16.6 Å². The molecule has 1 N–H and O–H groups in total. The molecule has 1 heterocycles. The molecular formula is C24H29NO4. The Morgan fingerprint density at radius 1 is 1.28 bits per heavy atom. The number of carbonyl (C=O) groups is 1. The predicted molar refractivity (Wildman–Crippen MR) is 112 cm³/mol. The summed E-state index contributed by atoms with van der Waals surface area (Å²) in [5.74, 6) is 0.969. The molecule has 1 unspecified atom stereocenters. The van der Waals surface area contributed by atoms with Gasteiger partial charge in [0, 0.05) is 17.4 Å². The van der Waals surface area contributed by atoms with Gasteiger partial charge in [0.1, 0.15) is 11.5 Å². The molecule has 5 nitrogen and oxygen atoms in total. The van der Waals surface area contributed by atoms with E-state index in [1.54, 1.807) is 25.1 Å². The first-order chi connectivity index (χ1) is 13.9. The standard InChI is InChI=1S/C24H29NO4/c1-4-28-23(27)17-6-5-7-19(12-17)29-15-21-22-13-16-8-9-18(26)14-20(16)24(21,2)10-11-25(22)3/h5-9,12,14,21-22,26H,4,10-11,13,15H2,1-3H3/t21-,22?,24+/m0/s1. The van der Waals surface area contributed by atoms with Crippen LogP contribution >= 0.6 is 0 Å². The van der Waals surface area contributed by atoms with Gasteiger partial charge in [-0.25, -0.2) is 4.79 Å². The maximum atomic E-state index is 12.0. The Balaban J connectivity index is 1.58. The van der Waals surface area contributed by atoms with Crippen LogP contribution in [-0.4, -0.2) is 48.8 Å². The van der Waals surface area contributed by atoms with Crippen LogP contribution in [0.1, 0.15) is 41.8 Å². The molecule has 1 saturated heterocycles. The predicted octanol–water partition coefficient (Wildman–Crippen LogP) is 3.78. The molecule has 0 aromatic heterocycles. The molecule has 5 heteroatoms. The first-order valence-electron chi connectivity index (χ1n) is 10.3. The molecule has 0 spiro atoms. The van der Waals surface area contributed by atoms with Crippen LogP contribution in [0.25, 0.3) is 0 Å². The van der Waals surface area contributed by atoms with Crippen LogP contribution in [0, 0.1) is 5.92 Å². The summed E-state index contributed by atoms with van der Waals surface area (Å²) in [6.07, 6.45) is 1.98. The molecule has 0 amide bonds. The fraction of sp³-hybridized carbons (Fsp3) is 0.458. The van der Waals surface area contributed by atoms with Crippen molar-refractivity contribution in [3.8, 4) is 11.5 Å². The molecule has 3 atom stereocenters. The minimum absolute atomic E-state index is 0.0533. The van der Waals surface area contributed by atoms with E-state index in [9.17, 15) is 9.90 Å². The van der Waals surface area contributed by atoms with Crippen molar-refractivity contribution in [1.29, 1.82) is 0 Å². The first kappa shape index (κ1) is 19.8. The lowest BCUT2D eigenvalue weighted by Gasteiger charge is -2.54. The molecule has 2 bridgehead atoms. The highest BCUT2D eigenvalue weighted by Crippen LogP contribution is 2.49. The second kappa shape index (κ2) is 7.71. The molecule has 2 aromatic rings. The number of hydrogen-bond donors (Lipinski definition) is 1. The van der Waals surface area contributed by atoms with E-state index in [0.717, 1.165) is 19.4 Å². The van der Waals surface area contributed by atoms with Gasteiger partial charge in [0.05, 0.1) is 18.8 Å². The third-order valence-electron chi connectivity index (χ3n) is 6.75. The van der Waals surface area contributed by atoms with Crippen LogP contribution in [0.15, 0.2) is 42.5 Å². The average molecular weight is 395 g/mol.